The Morgan fingerprint density at radius 1 is 1.17 bits per heavy atom. The number of alkyl halides is 3. The van der Waals surface area contributed by atoms with Gasteiger partial charge in [0.1, 0.15) is 11.6 Å². The van der Waals surface area contributed by atoms with Crippen LogP contribution in [0.3, 0.4) is 0 Å². The van der Waals surface area contributed by atoms with Gasteiger partial charge in [0.25, 0.3) is 5.92 Å². The third kappa shape index (κ3) is 6.14. The fourth-order valence-corrected chi connectivity index (χ4v) is 6.53. The van der Waals surface area contributed by atoms with Crippen LogP contribution in [0.15, 0.2) is 23.3 Å². The number of aromatic nitrogens is 1. The van der Waals surface area contributed by atoms with Crippen molar-refractivity contribution >= 4 is 18.1 Å². The van der Waals surface area contributed by atoms with E-state index < -0.39 is 42.2 Å². The first-order chi connectivity index (χ1) is 19.5. The largest absolute Gasteiger partial charge is 0.466 e. The second-order valence-corrected chi connectivity index (χ2v) is 11.5. The van der Waals surface area contributed by atoms with E-state index in [1.54, 1.807) is 19.1 Å². The third-order valence-electron chi connectivity index (χ3n) is 8.35. The van der Waals surface area contributed by atoms with Crippen LogP contribution in [-0.2, 0) is 22.4 Å². The first kappa shape index (κ1) is 29.5. The average molecular weight is 578 g/mol. The van der Waals surface area contributed by atoms with Gasteiger partial charge in [-0.1, -0.05) is 11.6 Å². The van der Waals surface area contributed by atoms with Crippen LogP contribution in [-0.4, -0.2) is 72.7 Å². The van der Waals surface area contributed by atoms with E-state index in [0.29, 0.717) is 61.3 Å². The minimum Gasteiger partial charge on any atom is -0.466 e. The molecule has 3 heterocycles. The lowest BCUT2D eigenvalue weighted by Gasteiger charge is -2.42. The van der Waals surface area contributed by atoms with Gasteiger partial charge in [-0.15, -0.1) is 0 Å². The molecule has 0 bridgehead atoms. The van der Waals surface area contributed by atoms with Crippen LogP contribution in [0.1, 0.15) is 72.8 Å². The molecule has 1 saturated heterocycles. The van der Waals surface area contributed by atoms with Crippen molar-refractivity contribution in [2.24, 2.45) is 0 Å². The maximum atomic E-state index is 15.9. The van der Waals surface area contributed by atoms with Crippen molar-refractivity contribution in [3.05, 3.63) is 68.6 Å². The molecule has 2 aliphatic heterocycles. The SMILES string of the molecule is COC(=O)C1=Cc2[nH]c3c(c2CC1)C[C@@H](C)N(CC(C)(F)F)[C@@H]3c1c(F)cc(/C=C2/CCN(CCCF)C2)cc1F. The Morgan fingerprint density at radius 3 is 2.56 bits per heavy atom. The summed E-state index contributed by atoms with van der Waals surface area (Å²) in [5, 5.41) is 0. The number of nitrogens with one attached hydrogen (secondary N) is 1. The lowest BCUT2D eigenvalue weighted by Crippen LogP contribution is -2.48. The molecule has 5 rings (SSSR count). The van der Waals surface area contributed by atoms with Gasteiger partial charge in [0.2, 0.25) is 0 Å². The Morgan fingerprint density at radius 2 is 1.90 bits per heavy atom. The molecule has 1 aliphatic carbocycles. The van der Waals surface area contributed by atoms with Crippen LogP contribution >= 0.6 is 0 Å². The zero-order chi connectivity index (χ0) is 29.5. The highest BCUT2D eigenvalue weighted by Gasteiger charge is 2.43. The Bertz CT molecular complexity index is 1350. The van der Waals surface area contributed by atoms with Crippen molar-refractivity contribution in [3.8, 4) is 0 Å². The van der Waals surface area contributed by atoms with Crippen LogP contribution in [0.4, 0.5) is 22.0 Å². The lowest BCUT2D eigenvalue weighted by molar-refractivity contribution is -0.136. The molecule has 0 unspecified atom stereocenters. The number of benzene rings is 1. The number of ether oxygens (including phenoxy) is 1. The molecule has 0 saturated carbocycles. The van der Waals surface area contributed by atoms with Gasteiger partial charge < -0.3 is 9.72 Å². The van der Waals surface area contributed by atoms with Crippen LogP contribution in [0.25, 0.3) is 12.2 Å². The number of likely N-dealkylation sites (tertiary alicyclic amines) is 1. The zero-order valence-corrected chi connectivity index (χ0v) is 23.6. The molecule has 0 amide bonds. The number of aromatic amines is 1. The topological polar surface area (TPSA) is 48.6 Å². The molecule has 0 spiro atoms. The summed E-state index contributed by atoms with van der Waals surface area (Å²) < 4.78 is 78.1. The van der Waals surface area contributed by atoms with Crippen LogP contribution in [0, 0.1) is 11.6 Å². The molecule has 1 aromatic heterocycles. The molecule has 2 atom stereocenters. The highest BCUT2D eigenvalue weighted by atomic mass is 19.3. The first-order valence-electron chi connectivity index (χ1n) is 14.1. The van der Waals surface area contributed by atoms with E-state index >= 15 is 8.78 Å². The number of carbonyl (C=O) groups excluding carboxylic acids is 1. The molecule has 5 nitrogen and oxygen atoms in total. The smallest absolute Gasteiger partial charge is 0.333 e. The predicted octanol–water partition coefficient (Wildman–Crippen LogP) is 6.24. The minimum atomic E-state index is -3.10. The summed E-state index contributed by atoms with van der Waals surface area (Å²) in [6.07, 6.45) is 6.04. The minimum absolute atomic E-state index is 0.282. The molecule has 1 N–H and O–H groups in total. The quantitative estimate of drug-likeness (QED) is 0.298. The predicted molar refractivity (Wildman–Crippen MR) is 147 cm³/mol. The number of nitrogens with zero attached hydrogens (tertiary/aromatic N) is 2. The Balaban J connectivity index is 1.55. The maximum absolute atomic E-state index is 15.9. The summed E-state index contributed by atoms with van der Waals surface area (Å²) in [6, 6.07) is 0.993. The summed E-state index contributed by atoms with van der Waals surface area (Å²) in [6.45, 7) is 3.55. The number of methoxy groups -OCH3 is 1. The van der Waals surface area contributed by atoms with Gasteiger partial charge in [0, 0.05) is 55.1 Å². The van der Waals surface area contributed by atoms with Gasteiger partial charge in [-0.25, -0.2) is 22.4 Å². The number of fused-ring (bicyclic) bond motifs is 3. The van der Waals surface area contributed by atoms with E-state index in [4.69, 9.17) is 4.74 Å². The standard InChI is InChI=1S/C31H36F5N3O2/c1-18-11-23-22-6-5-21(30(40)41-3)15-26(22)37-28(23)29(39(18)17-31(2,35)36)27-24(33)13-20(14-25(27)34)12-19-7-10-38(16-19)9-4-8-32/h12-15,18,29,37H,4-11,16-17H2,1-3H3/b19-12-/t18-,29-/m1/s1. The molecule has 1 aromatic carbocycles. The normalized spacial score (nSPS) is 22.5. The molecule has 41 heavy (non-hydrogen) atoms. The fourth-order valence-electron chi connectivity index (χ4n) is 6.53. The number of esters is 1. The van der Waals surface area contributed by atoms with Crippen LogP contribution < -0.4 is 0 Å². The summed E-state index contributed by atoms with van der Waals surface area (Å²) in [7, 11) is 1.31. The van der Waals surface area contributed by atoms with E-state index in [-0.39, 0.29) is 12.2 Å². The Kier molecular flexibility index (Phi) is 8.43. The average Bonchev–Trinajstić information content (AvgIpc) is 3.51. The van der Waals surface area contributed by atoms with Crippen molar-refractivity contribution in [3.63, 3.8) is 0 Å². The van der Waals surface area contributed by atoms with Crippen molar-refractivity contribution < 1.29 is 31.5 Å². The molecular formula is C31H36F5N3O2. The molecule has 1 fully saturated rings. The number of halogens is 5. The van der Waals surface area contributed by atoms with Crippen molar-refractivity contribution in [1.82, 2.24) is 14.8 Å². The van der Waals surface area contributed by atoms with Gasteiger partial charge in [-0.3, -0.25) is 14.2 Å². The Hall–Kier alpha value is -2.98. The van der Waals surface area contributed by atoms with Gasteiger partial charge >= 0.3 is 5.97 Å². The summed E-state index contributed by atoms with van der Waals surface area (Å²) >= 11 is 0. The summed E-state index contributed by atoms with van der Waals surface area (Å²) in [5.74, 6) is -5.16. The van der Waals surface area contributed by atoms with Gasteiger partial charge in [0.05, 0.1) is 26.4 Å². The number of hydrogen-bond donors (Lipinski definition) is 1. The van der Waals surface area contributed by atoms with Crippen LogP contribution in [0.5, 0.6) is 0 Å². The van der Waals surface area contributed by atoms with E-state index in [1.165, 1.54) is 24.1 Å². The molecule has 3 aliphatic rings. The van der Waals surface area contributed by atoms with Gasteiger partial charge in [-0.2, -0.15) is 0 Å². The number of H-pyrrole nitrogens is 1. The highest BCUT2D eigenvalue weighted by molar-refractivity contribution is 5.94. The molecule has 10 heteroatoms. The molecule has 2 aromatic rings. The molecular weight excluding hydrogens is 541 g/mol. The van der Waals surface area contributed by atoms with E-state index in [2.05, 4.69) is 9.88 Å². The van der Waals surface area contributed by atoms with E-state index in [1.807, 2.05) is 0 Å². The second kappa shape index (κ2) is 11.7. The van der Waals surface area contributed by atoms with Gasteiger partial charge in [-0.05, 0) is 73.9 Å². The van der Waals surface area contributed by atoms with Crippen molar-refractivity contribution in [1.29, 1.82) is 0 Å². The van der Waals surface area contributed by atoms with E-state index in [9.17, 15) is 18.0 Å². The van der Waals surface area contributed by atoms with Crippen molar-refractivity contribution in [2.45, 2.75) is 64.0 Å². The monoisotopic (exact) mass is 577 g/mol. The zero-order valence-electron chi connectivity index (χ0n) is 23.6. The van der Waals surface area contributed by atoms with Crippen LogP contribution in [0.2, 0.25) is 0 Å². The number of carbonyl (C=O) groups is 1. The Labute approximate surface area is 237 Å². The number of hydrogen-bond acceptors (Lipinski definition) is 4. The lowest BCUT2D eigenvalue weighted by atomic mass is 9.84. The first-order valence-corrected chi connectivity index (χ1v) is 14.1. The summed E-state index contributed by atoms with van der Waals surface area (Å²) in [5.41, 5.74) is 4.47. The fraction of sp³-hybridized carbons (Fsp3) is 0.516. The van der Waals surface area contributed by atoms with E-state index in [0.717, 1.165) is 36.6 Å². The summed E-state index contributed by atoms with van der Waals surface area (Å²) in [4.78, 5) is 19.0. The molecule has 0 radical (unpaired) electrons. The maximum Gasteiger partial charge on any atom is 0.333 e. The molecule has 222 valence electrons. The third-order valence-corrected chi connectivity index (χ3v) is 8.35. The van der Waals surface area contributed by atoms with Crippen molar-refractivity contribution in [2.75, 3.05) is 40.0 Å². The number of rotatable bonds is 8. The second-order valence-electron chi connectivity index (χ2n) is 11.5. The highest BCUT2D eigenvalue weighted by Crippen LogP contribution is 2.44. The van der Waals surface area contributed by atoms with Gasteiger partial charge in [0.15, 0.2) is 0 Å².